The Balaban J connectivity index is 1.77. The first-order valence-corrected chi connectivity index (χ1v) is 9.22. The van der Waals surface area contributed by atoms with E-state index in [1.165, 1.54) is 0 Å². The van der Waals surface area contributed by atoms with E-state index in [0.717, 1.165) is 18.2 Å². The lowest BCUT2D eigenvalue weighted by Gasteiger charge is -2.12. The number of alkyl halides is 3. The van der Waals surface area contributed by atoms with Crippen LogP contribution in [0.1, 0.15) is 5.56 Å². The number of hydrogen-bond acceptors (Lipinski definition) is 5. The predicted octanol–water partition coefficient (Wildman–Crippen LogP) is 3.88. The minimum Gasteiger partial charge on any atom is -0.454 e. The van der Waals surface area contributed by atoms with Crippen molar-refractivity contribution < 1.29 is 35.8 Å². The fraction of sp³-hybridized carbons (Fsp3) is 0.235. The summed E-state index contributed by atoms with van der Waals surface area (Å²) < 4.78 is 76.1. The fourth-order valence-corrected chi connectivity index (χ4v) is 3.76. The summed E-state index contributed by atoms with van der Waals surface area (Å²) in [7, 11) is -3.82. The van der Waals surface area contributed by atoms with Crippen molar-refractivity contribution in [3.63, 3.8) is 0 Å². The Labute approximate surface area is 152 Å². The molecule has 0 fully saturated rings. The summed E-state index contributed by atoms with van der Waals surface area (Å²) in [5.74, 6) is 0.0634. The standard InChI is InChI=1S/C17H12F3NO5S/c1-21-13-9-12(3-5-14(13)26-17(18,19)20)27(22,23)7-6-11-2-4-15-16(8-11)25-10-24-15/h2-5,8-9H,6-7,10H2. The zero-order chi connectivity index (χ0) is 19.7. The highest BCUT2D eigenvalue weighted by Crippen LogP contribution is 2.35. The second-order valence-corrected chi connectivity index (χ2v) is 7.65. The lowest BCUT2D eigenvalue weighted by Crippen LogP contribution is -2.17. The molecule has 142 valence electrons. The Bertz CT molecular complexity index is 1010. The minimum atomic E-state index is -4.97. The molecule has 0 radical (unpaired) electrons. The fourth-order valence-electron chi connectivity index (χ4n) is 2.46. The van der Waals surface area contributed by atoms with Gasteiger partial charge < -0.3 is 14.2 Å². The number of hydrogen-bond donors (Lipinski definition) is 0. The van der Waals surface area contributed by atoms with Crippen molar-refractivity contribution in [3.8, 4) is 17.2 Å². The van der Waals surface area contributed by atoms with E-state index in [-0.39, 0.29) is 23.9 Å². The highest BCUT2D eigenvalue weighted by molar-refractivity contribution is 7.91. The number of fused-ring (bicyclic) bond motifs is 1. The highest BCUT2D eigenvalue weighted by atomic mass is 32.2. The molecule has 0 unspecified atom stereocenters. The van der Waals surface area contributed by atoms with Gasteiger partial charge in [0.05, 0.1) is 17.2 Å². The van der Waals surface area contributed by atoms with E-state index in [1.54, 1.807) is 18.2 Å². The third kappa shape index (κ3) is 4.43. The van der Waals surface area contributed by atoms with Crippen LogP contribution in [0.5, 0.6) is 17.2 Å². The largest absolute Gasteiger partial charge is 0.571 e. The molecule has 27 heavy (non-hydrogen) atoms. The topological polar surface area (TPSA) is 66.2 Å². The first-order valence-electron chi connectivity index (χ1n) is 7.56. The number of sulfone groups is 1. The van der Waals surface area contributed by atoms with Crippen molar-refractivity contribution in [1.29, 1.82) is 0 Å². The maximum absolute atomic E-state index is 12.5. The molecule has 0 amide bonds. The Morgan fingerprint density at radius 3 is 2.56 bits per heavy atom. The average molecular weight is 399 g/mol. The molecule has 3 rings (SSSR count). The molecular formula is C17H12F3NO5S. The number of ether oxygens (including phenoxy) is 3. The molecule has 0 bridgehead atoms. The maximum Gasteiger partial charge on any atom is 0.571 e. The molecule has 2 aromatic rings. The maximum atomic E-state index is 12.5. The highest BCUT2D eigenvalue weighted by Gasteiger charge is 2.32. The van der Waals surface area contributed by atoms with Crippen LogP contribution in [0.3, 0.4) is 0 Å². The van der Waals surface area contributed by atoms with Crippen molar-refractivity contribution >= 4 is 15.5 Å². The smallest absolute Gasteiger partial charge is 0.454 e. The molecule has 0 atom stereocenters. The number of nitrogens with zero attached hydrogens (tertiary/aromatic N) is 1. The minimum absolute atomic E-state index is 0.100. The van der Waals surface area contributed by atoms with Crippen LogP contribution in [0.4, 0.5) is 18.9 Å². The van der Waals surface area contributed by atoms with Crippen LogP contribution in [0.2, 0.25) is 0 Å². The van der Waals surface area contributed by atoms with Crippen molar-refractivity contribution in [2.75, 3.05) is 12.5 Å². The molecule has 0 N–H and O–H groups in total. The molecule has 1 aliphatic heterocycles. The second kappa shape index (κ2) is 7.00. The van der Waals surface area contributed by atoms with Gasteiger partial charge in [-0.1, -0.05) is 6.07 Å². The van der Waals surface area contributed by atoms with Crippen LogP contribution in [0.25, 0.3) is 4.85 Å². The normalized spacial score (nSPS) is 13.3. The van der Waals surface area contributed by atoms with Gasteiger partial charge >= 0.3 is 6.36 Å². The van der Waals surface area contributed by atoms with Gasteiger partial charge in [0.25, 0.3) is 0 Å². The van der Waals surface area contributed by atoms with E-state index in [1.807, 2.05) is 0 Å². The molecule has 0 aliphatic carbocycles. The third-order valence-corrected chi connectivity index (χ3v) is 5.45. The van der Waals surface area contributed by atoms with Crippen LogP contribution in [0, 0.1) is 6.57 Å². The predicted molar refractivity (Wildman–Crippen MR) is 87.7 cm³/mol. The Hall–Kier alpha value is -2.93. The van der Waals surface area contributed by atoms with Crippen LogP contribution in [-0.2, 0) is 16.3 Å². The first kappa shape index (κ1) is 18.8. The van der Waals surface area contributed by atoms with Gasteiger partial charge in [-0.25, -0.2) is 13.3 Å². The van der Waals surface area contributed by atoms with Crippen LogP contribution in [-0.4, -0.2) is 27.3 Å². The van der Waals surface area contributed by atoms with Gasteiger partial charge in [0, 0.05) is 0 Å². The Morgan fingerprint density at radius 1 is 1.11 bits per heavy atom. The van der Waals surface area contributed by atoms with Crippen LogP contribution >= 0.6 is 0 Å². The van der Waals surface area contributed by atoms with Gasteiger partial charge in [0.1, 0.15) is 5.75 Å². The zero-order valence-corrected chi connectivity index (χ0v) is 14.4. The SMILES string of the molecule is [C-]#[N+]c1cc(S(=O)(=O)CCc2ccc3c(c2)OCO3)ccc1OC(F)(F)F. The van der Waals surface area contributed by atoms with Crippen molar-refractivity contribution in [1.82, 2.24) is 0 Å². The van der Waals surface area contributed by atoms with Gasteiger partial charge in [-0.05, 0) is 42.3 Å². The Morgan fingerprint density at radius 2 is 1.85 bits per heavy atom. The molecular weight excluding hydrogens is 387 g/mol. The summed E-state index contributed by atoms with van der Waals surface area (Å²) in [6.45, 7) is 7.06. The summed E-state index contributed by atoms with van der Waals surface area (Å²) in [4.78, 5) is 2.67. The van der Waals surface area contributed by atoms with Crippen LogP contribution < -0.4 is 14.2 Å². The van der Waals surface area contributed by atoms with E-state index < -0.39 is 27.6 Å². The van der Waals surface area contributed by atoms with E-state index in [9.17, 15) is 21.6 Å². The molecule has 6 nitrogen and oxygen atoms in total. The number of aryl methyl sites for hydroxylation is 1. The van der Waals surface area contributed by atoms with Crippen molar-refractivity contribution in [3.05, 3.63) is 53.4 Å². The number of rotatable bonds is 5. The quantitative estimate of drug-likeness (QED) is 0.714. The summed E-state index contributed by atoms with van der Waals surface area (Å²) in [6, 6.07) is 7.74. The Kier molecular flexibility index (Phi) is 4.89. The summed E-state index contributed by atoms with van der Waals surface area (Å²) in [6.07, 6.45) is -4.81. The molecule has 0 aromatic heterocycles. The summed E-state index contributed by atoms with van der Waals surface area (Å²) in [5, 5.41) is 0. The van der Waals surface area contributed by atoms with Crippen LogP contribution in [0.15, 0.2) is 41.3 Å². The average Bonchev–Trinajstić information content (AvgIpc) is 3.06. The lowest BCUT2D eigenvalue weighted by atomic mass is 10.1. The van der Waals surface area contributed by atoms with Gasteiger partial charge in [0.2, 0.25) is 12.5 Å². The van der Waals surface area contributed by atoms with Gasteiger partial charge in [-0.2, -0.15) is 0 Å². The van der Waals surface area contributed by atoms with E-state index in [2.05, 4.69) is 9.58 Å². The summed E-state index contributed by atoms with van der Waals surface area (Å²) >= 11 is 0. The van der Waals surface area contributed by atoms with E-state index in [0.29, 0.717) is 17.1 Å². The van der Waals surface area contributed by atoms with Crippen molar-refractivity contribution in [2.45, 2.75) is 17.7 Å². The molecule has 2 aromatic carbocycles. The molecule has 1 heterocycles. The lowest BCUT2D eigenvalue weighted by molar-refractivity contribution is -0.274. The monoisotopic (exact) mass is 399 g/mol. The summed E-state index contributed by atoms with van der Waals surface area (Å²) in [5.41, 5.74) is 0.168. The second-order valence-electron chi connectivity index (χ2n) is 5.55. The molecule has 0 saturated carbocycles. The third-order valence-electron chi connectivity index (χ3n) is 3.73. The molecule has 1 aliphatic rings. The van der Waals surface area contributed by atoms with E-state index >= 15 is 0 Å². The van der Waals surface area contributed by atoms with Gasteiger partial charge in [0.15, 0.2) is 21.3 Å². The van der Waals surface area contributed by atoms with Gasteiger partial charge in [-0.3, -0.25) is 0 Å². The molecule has 0 spiro atoms. The number of benzene rings is 2. The van der Waals surface area contributed by atoms with Crippen molar-refractivity contribution in [2.24, 2.45) is 0 Å². The number of halogens is 3. The molecule has 0 saturated heterocycles. The van der Waals surface area contributed by atoms with Gasteiger partial charge in [-0.15, -0.1) is 13.2 Å². The zero-order valence-electron chi connectivity index (χ0n) is 13.6. The molecule has 10 heteroatoms. The van der Waals surface area contributed by atoms with E-state index in [4.69, 9.17) is 16.0 Å². The first-order chi connectivity index (χ1) is 12.7.